The summed E-state index contributed by atoms with van der Waals surface area (Å²) in [6.07, 6.45) is 3.73. The van der Waals surface area contributed by atoms with Crippen molar-refractivity contribution in [1.82, 2.24) is 0 Å². The van der Waals surface area contributed by atoms with Crippen molar-refractivity contribution in [2.24, 2.45) is 5.92 Å². The van der Waals surface area contributed by atoms with Gasteiger partial charge in [0.15, 0.2) is 0 Å². The summed E-state index contributed by atoms with van der Waals surface area (Å²) in [6, 6.07) is 4.22. The number of rotatable bonds is 4. The summed E-state index contributed by atoms with van der Waals surface area (Å²) in [7, 11) is 0. The normalized spacial score (nSPS) is 19.3. The number of halogens is 3. The number of carbonyl (C=O) groups is 1. The lowest BCUT2D eigenvalue weighted by Gasteiger charge is -2.13. The lowest BCUT2D eigenvalue weighted by atomic mass is 10.0. The number of benzene rings is 1. The molecule has 98 valence electrons. The van der Waals surface area contributed by atoms with Gasteiger partial charge in [-0.3, -0.25) is 4.79 Å². The molecule has 18 heavy (non-hydrogen) atoms. The average molecular weight is 582 g/mol. The highest BCUT2D eigenvalue weighted by atomic mass is 127. The van der Waals surface area contributed by atoms with Crippen molar-refractivity contribution in [2.45, 2.75) is 25.7 Å². The number of hydrogen-bond donors (Lipinski definition) is 0. The number of hydrogen-bond acceptors (Lipinski definition) is 2. The van der Waals surface area contributed by atoms with Gasteiger partial charge in [-0.25, -0.2) is 0 Å². The minimum absolute atomic E-state index is 0.240. The minimum atomic E-state index is 0.240. The van der Waals surface area contributed by atoms with Crippen molar-refractivity contribution < 1.29 is 9.53 Å². The second-order valence-electron chi connectivity index (χ2n) is 4.39. The maximum absolute atomic E-state index is 11.5. The predicted octanol–water partition coefficient (Wildman–Crippen LogP) is 4.64. The average Bonchev–Trinajstić information content (AvgIpc) is 2.68. The molecular formula is C13H13I3O2. The quantitative estimate of drug-likeness (QED) is 0.485. The molecule has 0 N–H and O–H groups in total. The molecule has 1 saturated carbocycles. The molecule has 0 heterocycles. The van der Waals surface area contributed by atoms with E-state index >= 15 is 0 Å². The summed E-state index contributed by atoms with van der Waals surface area (Å²) in [6.45, 7) is 0.642. The number of Topliss-reactive ketones (excluding diaryl/α,β-unsaturated/α-hetero) is 1. The predicted molar refractivity (Wildman–Crippen MR) is 97.1 cm³/mol. The van der Waals surface area contributed by atoms with Gasteiger partial charge in [-0.15, -0.1) is 0 Å². The van der Waals surface area contributed by atoms with Crippen LogP contribution in [0.4, 0.5) is 0 Å². The molecule has 1 unspecified atom stereocenters. The van der Waals surface area contributed by atoms with Gasteiger partial charge in [0.2, 0.25) is 0 Å². The molecule has 1 aromatic rings. The highest BCUT2D eigenvalue weighted by Gasteiger charge is 2.24. The summed E-state index contributed by atoms with van der Waals surface area (Å²) in [5, 5.41) is 0. The zero-order valence-corrected chi connectivity index (χ0v) is 16.2. The molecule has 0 saturated heterocycles. The van der Waals surface area contributed by atoms with Gasteiger partial charge in [0.25, 0.3) is 0 Å². The van der Waals surface area contributed by atoms with Gasteiger partial charge in [0.1, 0.15) is 11.5 Å². The molecule has 1 aliphatic rings. The van der Waals surface area contributed by atoms with E-state index in [0.717, 1.165) is 38.6 Å². The molecule has 0 aliphatic heterocycles. The monoisotopic (exact) mass is 582 g/mol. The Bertz CT molecular complexity index is 437. The SMILES string of the molecule is O=C1CCCC1CCOc1c(I)cc(I)cc1I. The van der Waals surface area contributed by atoms with E-state index in [4.69, 9.17) is 4.74 Å². The van der Waals surface area contributed by atoms with E-state index < -0.39 is 0 Å². The molecule has 0 radical (unpaired) electrons. The van der Waals surface area contributed by atoms with Crippen LogP contribution in [0.15, 0.2) is 12.1 Å². The van der Waals surface area contributed by atoms with Crippen LogP contribution < -0.4 is 4.74 Å². The van der Waals surface area contributed by atoms with Crippen LogP contribution in [0.2, 0.25) is 0 Å². The van der Waals surface area contributed by atoms with Crippen LogP contribution in [0, 0.1) is 16.6 Å². The lowest BCUT2D eigenvalue weighted by Crippen LogP contribution is -2.11. The second kappa shape index (κ2) is 7.05. The van der Waals surface area contributed by atoms with Crippen molar-refractivity contribution in [1.29, 1.82) is 0 Å². The van der Waals surface area contributed by atoms with Crippen molar-refractivity contribution in [3.63, 3.8) is 0 Å². The largest absolute Gasteiger partial charge is 0.491 e. The summed E-state index contributed by atoms with van der Waals surface area (Å²) < 4.78 is 9.37. The fraction of sp³-hybridized carbons (Fsp3) is 0.462. The summed E-state index contributed by atoms with van der Waals surface area (Å²) >= 11 is 6.91. The third kappa shape index (κ3) is 3.94. The molecule has 0 bridgehead atoms. The molecule has 0 spiro atoms. The Morgan fingerprint density at radius 2 is 1.89 bits per heavy atom. The van der Waals surface area contributed by atoms with E-state index in [2.05, 4.69) is 79.9 Å². The Labute approximate surface area is 148 Å². The first-order valence-corrected chi connectivity index (χ1v) is 9.11. The van der Waals surface area contributed by atoms with E-state index in [0.29, 0.717) is 12.4 Å². The van der Waals surface area contributed by atoms with E-state index in [1.165, 1.54) is 3.57 Å². The first-order chi connectivity index (χ1) is 8.58. The van der Waals surface area contributed by atoms with Gasteiger partial charge in [0.05, 0.1) is 13.7 Å². The highest BCUT2D eigenvalue weighted by molar-refractivity contribution is 14.1. The number of ketones is 1. The maximum atomic E-state index is 11.5. The van der Waals surface area contributed by atoms with Gasteiger partial charge in [-0.1, -0.05) is 0 Å². The number of ether oxygens (including phenoxy) is 1. The van der Waals surface area contributed by atoms with E-state index in [9.17, 15) is 4.79 Å². The molecule has 2 nitrogen and oxygen atoms in total. The Kier molecular flexibility index (Phi) is 5.98. The van der Waals surface area contributed by atoms with Crippen molar-refractivity contribution >= 4 is 73.6 Å². The molecule has 0 aromatic heterocycles. The van der Waals surface area contributed by atoms with Crippen molar-refractivity contribution in [3.8, 4) is 5.75 Å². The van der Waals surface area contributed by atoms with Crippen molar-refractivity contribution in [2.75, 3.05) is 6.61 Å². The molecule has 1 aromatic carbocycles. The van der Waals surface area contributed by atoms with Gasteiger partial charge >= 0.3 is 0 Å². The third-order valence-electron chi connectivity index (χ3n) is 3.11. The van der Waals surface area contributed by atoms with Gasteiger partial charge in [0, 0.05) is 15.9 Å². The first-order valence-electron chi connectivity index (χ1n) is 5.88. The van der Waals surface area contributed by atoms with Crippen LogP contribution in [0.3, 0.4) is 0 Å². The molecule has 5 heteroatoms. The summed E-state index contributed by atoms with van der Waals surface area (Å²) in [5.41, 5.74) is 0. The second-order valence-corrected chi connectivity index (χ2v) is 7.96. The van der Waals surface area contributed by atoms with E-state index in [-0.39, 0.29) is 5.92 Å². The Hall–Kier alpha value is 0.880. The van der Waals surface area contributed by atoms with Crippen LogP contribution in [-0.4, -0.2) is 12.4 Å². The van der Waals surface area contributed by atoms with E-state index in [1.807, 2.05) is 0 Å². The smallest absolute Gasteiger partial charge is 0.145 e. The summed E-state index contributed by atoms with van der Waals surface area (Å²) in [5.74, 6) is 1.62. The molecule has 1 aliphatic carbocycles. The zero-order chi connectivity index (χ0) is 13.1. The van der Waals surface area contributed by atoms with Gasteiger partial charge < -0.3 is 4.74 Å². The fourth-order valence-corrected chi connectivity index (χ4v) is 6.06. The lowest BCUT2D eigenvalue weighted by molar-refractivity contribution is -0.121. The fourth-order valence-electron chi connectivity index (χ4n) is 2.16. The maximum Gasteiger partial charge on any atom is 0.145 e. The van der Waals surface area contributed by atoms with Gasteiger partial charge in [-0.05, 0) is 99.2 Å². The van der Waals surface area contributed by atoms with Crippen LogP contribution in [-0.2, 0) is 4.79 Å². The standard InChI is InChI=1S/C13H13I3O2/c14-9-6-10(15)13(11(16)7-9)18-5-4-8-2-1-3-12(8)17/h6-8H,1-5H2. The Balaban J connectivity index is 1.92. The molecule has 1 fully saturated rings. The highest BCUT2D eigenvalue weighted by Crippen LogP contribution is 2.30. The molecule has 2 rings (SSSR count). The van der Waals surface area contributed by atoms with Crippen LogP contribution >= 0.6 is 67.8 Å². The number of carbonyl (C=O) groups excluding carboxylic acids is 1. The summed E-state index contributed by atoms with van der Waals surface area (Å²) in [4.78, 5) is 11.5. The van der Waals surface area contributed by atoms with Gasteiger partial charge in [-0.2, -0.15) is 0 Å². The third-order valence-corrected chi connectivity index (χ3v) is 5.33. The zero-order valence-electron chi connectivity index (χ0n) is 9.72. The first kappa shape index (κ1) is 15.3. The molecular weight excluding hydrogens is 569 g/mol. The minimum Gasteiger partial charge on any atom is -0.491 e. The molecule has 1 atom stereocenters. The van der Waals surface area contributed by atoms with Crippen LogP contribution in [0.1, 0.15) is 25.7 Å². The van der Waals surface area contributed by atoms with Crippen LogP contribution in [0.5, 0.6) is 5.75 Å². The van der Waals surface area contributed by atoms with E-state index in [1.54, 1.807) is 0 Å². The van der Waals surface area contributed by atoms with Crippen molar-refractivity contribution in [3.05, 3.63) is 22.8 Å². The van der Waals surface area contributed by atoms with Crippen LogP contribution in [0.25, 0.3) is 0 Å². The topological polar surface area (TPSA) is 26.3 Å². The molecule has 0 amide bonds. The Morgan fingerprint density at radius 3 is 2.44 bits per heavy atom. The Morgan fingerprint density at radius 1 is 1.22 bits per heavy atom.